The Morgan fingerprint density at radius 3 is 2.37 bits per heavy atom. The summed E-state index contributed by atoms with van der Waals surface area (Å²) in [7, 11) is 1.54. The first-order valence-electron chi connectivity index (χ1n) is 10.6. The number of benzene rings is 3. The third-order valence-corrected chi connectivity index (χ3v) is 5.44. The Kier molecular flexibility index (Phi) is 6.76. The second kappa shape index (κ2) is 10.1. The van der Waals surface area contributed by atoms with E-state index in [0.717, 1.165) is 28.2 Å². The molecule has 0 aliphatic carbocycles. The Hall–Kier alpha value is -4.67. The first kappa shape index (κ1) is 23.5. The van der Waals surface area contributed by atoms with Crippen LogP contribution in [0.2, 0.25) is 0 Å². The molecule has 1 aliphatic rings. The molecule has 1 heterocycles. The van der Waals surface area contributed by atoms with E-state index in [1.54, 1.807) is 43.5 Å². The highest BCUT2D eigenvalue weighted by Gasteiger charge is 2.38. The lowest BCUT2D eigenvalue weighted by molar-refractivity contribution is -0.387. The number of hydrogen-bond acceptors (Lipinski definition) is 6. The molecule has 0 radical (unpaired) electrons. The first-order chi connectivity index (χ1) is 16.9. The number of imide groups is 1. The van der Waals surface area contributed by atoms with Gasteiger partial charge in [0.05, 0.1) is 25.1 Å². The Morgan fingerprint density at radius 2 is 1.71 bits per heavy atom. The van der Waals surface area contributed by atoms with E-state index in [9.17, 15) is 24.1 Å². The number of nitrogens with one attached hydrogen (secondary N) is 2. The third-order valence-electron chi connectivity index (χ3n) is 5.44. The van der Waals surface area contributed by atoms with E-state index < -0.39 is 34.8 Å². The lowest BCUT2D eigenvalue weighted by Gasteiger charge is -2.41. The number of nitrogens with zero attached hydrogens (tertiary/aromatic N) is 3. The molecule has 0 aromatic heterocycles. The monoisotopic (exact) mass is 479 g/mol. The van der Waals surface area contributed by atoms with E-state index >= 15 is 0 Å². The van der Waals surface area contributed by atoms with Gasteiger partial charge in [0.25, 0.3) is 0 Å². The molecule has 10 nitrogen and oxygen atoms in total. The van der Waals surface area contributed by atoms with Crippen LogP contribution >= 0.6 is 0 Å². The van der Waals surface area contributed by atoms with Crippen LogP contribution in [0.5, 0.6) is 5.75 Å². The minimum absolute atomic E-state index is 0.0549. The molecule has 1 aliphatic heterocycles. The van der Waals surface area contributed by atoms with E-state index in [1.807, 2.05) is 18.2 Å². The van der Waals surface area contributed by atoms with Crippen molar-refractivity contribution in [3.8, 4) is 5.75 Å². The molecule has 4 rings (SSSR count). The van der Waals surface area contributed by atoms with Gasteiger partial charge in [-0.15, -0.1) is 0 Å². The number of urea groups is 2. The van der Waals surface area contributed by atoms with Crippen molar-refractivity contribution in [3.05, 3.63) is 99.9 Å². The van der Waals surface area contributed by atoms with Crippen LogP contribution in [-0.4, -0.2) is 40.2 Å². The van der Waals surface area contributed by atoms with Crippen LogP contribution in [0.4, 0.5) is 25.4 Å². The van der Waals surface area contributed by atoms with Crippen LogP contribution in [0.25, 0.3) is 0 Å². The number of halogens is 1. The predicted octanol–water partition coefficient (Wildman–Crippen LogP) is 4.29. The predicted molar refractivity (Wildman–Crippen MR) is 125 cm³/mol. The van der Waals surface area contributed by atoms with E-state index in [-0.39, 0.29) is 18.8 Å². The zero-order valence-corrected chi connectivity index (χ0v) is 18.7. The average molecular weight is 479 g/mol. The molecule has 180 valence electrons. The van der Waals surface area contributed by atoms with Gasteiger partial charge in [0.15, 0.2) is 6.29 Å². The van der Waals surface area contributed by atoms with Crippen molar-refractivity contribution in [1.29, 1.82) is 0 Å². The summed E-state index contributed by atoms with van der Waals surface area (Å²) in [6.45, 7) is 0.161. The van der Waals surface area contributed by atoms with Crippen LogP contribution in [0.1, 0.15) is 11.1 Å². The number of anilines is 1. The molecule has 35 heavy (non-hydrogen) atoms. The van der Waals surface area contributed by atoms with E-state index in [0.29, 0.717) is 5.75 Å². The standard InChI is InChI=1S/C24H22FN5O5/c1-35-19-10-7-17(8-11-19)14-28-22(26-18-9-12-20(25)21(13-18)30(33)34)27-23(31)29(24(28)32)15-16-5-3-2-4-6-16/h2-13,22,26H,14-15H2,1H3,(H,27,31). The summed E-state index contributed by atoms with van der Waals surface area (Å²) >= 11 is 0. The fourth-order valence-corrected chi connectivity index (χ4v) is 3.63. The molecule has 0 saturated carbocycles. The van der Waals surface area contributed by atoms with Gasteiger partial charge in [-0.05, 0) is 35.4 Å². The number of ether oxygens (including phenoxy) is 1. The number of nitro benzene ring substituents is 1. The quantitative estimate of drug-likeness (QED) is 0.368. The molecule has 3 aromatic carbocycles. The second-order valence-corrected chi connectivity index (χ2v) is 7.75. The Labute approximate surface area is 200 Å². The number of amides is 4. The zero-order chi connectivity index (χ0) is 24.9. The van der Waals surface area contributed by atoms with E-state index in [1.165, 1.54) is 11.0 Å². The van der Waals surface area contributed by atoms with E-state index in [4.69, 9.17) is 4.74 Å². The molecule has 0 bridgehead atoms. The highest BCUT2D eigenvalue weighted by atomic mass is 19.1. The van der Waals surface area contributed by atoms with Crippen LogP contribution in [0.15, 0.2) is 72.8 Å². The molecule has 1 atom stereocenters. The number of carbonyl (C=O) groups excluding carboxylic acids is 2. The molecule has 1 fully saturated rings. The van der Waals surface area contributed by atoms with Gasteiger partial charge < -0.3 is 10.1 Å². The summed E-state index contributed by atoms with van der Waals surface area (Å²) in [4.78, 5) is 39.1. The van der Waals surface area contributed by atoms with Crippen LogP contribution in [0, 0.1) is 15.9 Å². The van der Waals surface area contributed by atoms with Gasteiger partial charge in [0, 0.05) is 11.8 Å². The van der Waals surface area contributed by atoms with E-state index in [2.05, 4.69) is 10.6 Å². The number of carbonyl (C=O) groups is 2. The van der Waals surface area contributed by atoms with Crippen molar-refractivity contribution in [2.75, 3.05) is 12.4 Å². The highest BCUT2D eigenvalue weighted by Crippen LogP contribution is 2.25. The zero-order valence-electron chi connectivity index (χ0n) is 18.7. The fourth-order valence-electron chi connectivity index (χ4n) is 3.63. The molecular formula is C24H22FN5O5. The van der Waals surface area contributed by atoms with Gasteiger partial charge in [-0.1, -0.05) is 42.5 Å². The summed E-state index contributed by atoms with van der Waals surface area (Å²) in [6, 6.07) is 18.1. The third kappa shape index (κ3) is 5.29. The molecular weight excluding hydrogens is 457 g/mol. The number of nitro groups is 1. The highest BCUT2D eigenvalue weighted by molar-refractivity contribution is 5.96. The van der Waals surface area contributed by atoms with Gasteiger partial charge in [-0.2, -0.15) is 4.39 Å². The summed E-state index contributed by atoms with van der Waals surface area (Å²) in [6.07, 6.45) is -1.05. The van der Waals surface area contributed by atoms with Crippen molar-refractivity contribution in [1.82, 2.24) is 15.1 Å². The number of rotatable bonds is 8. The van der Waals surface area contributed by atoms with Crippen LogP contribution in [-0.2, 0) is 13.1 Å². The van der Waals surface area contributed by atoms with Gasteiger partial charge >= 0.3 is 17.7 Å². The first-order valence-corrected chi connectivity index (χ1v) is 10.6. The molecule has 1 saturated heterocycles. The van der Waals surface area contributed by atoms with Gasteiger partial charge in [-0.3, -0.25) is 20.3 Å². The van der Waals surface area contributed by atoms with Crippen LogP contribution in [0.3, 0.4) is 0 Å². The van der Waals surface area contributed by atoms with Gasteiger partial charge in [0.2, 0.25) is 5.82 Å². The van der Waals surface area contributed by atoms with Crippen molar-refractivity contribution < 1.29 is 23.6 Å². The normalized spacial score (nSPS) is 15.5. The summed E-state index contributed by atoms with van der Waals surface area (Å²) in [5.74, 6) is -0.348. The SMILES string of the molecule is COc1ccc(CN2C(=O)N(Cc3ccccc3)C(=O)NC2Nc2ccc(F)c([N+](=O)[O-])c2)cc1. The Bertz CT molecular complexity index is 1240. The maximum Gasteiger partial charge on any atom is 0.331 e. The Balaban J connectivity index is 1.63. The largest absolute Gasteiger partial charge is 0.497 e. The van der Waals surface area contributed by atoms with Crippen LogP contribution < -0.4 is 15.4 Å². The maximum atomic E-state index is 13.8. The lowest BCUT2D eigenvalue weighted by atomic mass is 10.2. The van der Waals surface area contributed by atoms with Crippen molar-refractivity contribution >= 4 is 23.4 Å². The molecule has 0 spiro atoms. The van der Waals surface area contributed by atoms with Gasteiger partial charge in [0.1, 0.15) is 5.75 Å². The number of methoxy groups -OCH3 is 1. The van der Waals surface area contributed by atoms with Crippen molar-refractivity contribution in [3.63, 3.8) is 0 Å². The molecule has 11 heteroatoms. The molecule has 3 aromatic rings. The summed E-state index contributed by atoms with van der Waals surface area (Å²) < 4.78 is 19.0. The number of hydrogen-bond donors (Lipinski definition) is 2. The maximum absolute atomic E-state index is 13.8. The topological polar surface area (TPSA) is 117 Å². The Morgan fingerprint density at radius 1 is 1.03 bits per heavy atom. The minimum atomic E-state index is -1.05. The fraction of sp³-hybridized carbons (Fsp3) is 0.167. The van der Waals surface area contributed by atoms with Gasteiger partial charge in [-0.25, -0.2) is 14.5 Å². The molecule has 4 amide bonds. The minimum Gasteiger partial charge on any atom is -0.497 e. The smallest absolute Gasteiger partial charge is 0.331 e. The molecule has 1 unspecified atom stereocenters. The molecule has 2 N–H and O–H groups in total. The van der Waals surface area contributed by atoms with Crippen molar-refractivity contribution in [2.45, 2.75) is 19.4 Å². The summed E-state index contributed by atoms with van der Waals surface area (Å²) in [5, 5.41) is 16.7. The van der Waals surface area contributed by atoms with Crippen molar-refractivity contribution in [2.24, 2.45) is 0 Å². The lowest BCUT2D eigenvalue weighted by Crippen LogP contribution is -2.66. The second-order valence-electron chi connectivity index (χ2n) is 7.75. The summed E-state index contributed by atoms with van der Waals surface area (Å²) in [5.41, 5.74) is 0.955. The average Bonchev–Trinajstić information content (AvgIpc) is 2.86.